The molecule has 0 bridgehead atoms. The third-order valence-corrected chi connectivity index (χ3v) is 2.43. The van der Waals surface area contributed by atoms with Crippen LogP contribution in [0.3, 0.4) is 0 Å². The van der Waals surface area contributed by atoms with Crippen LogP contribution in [0.1, 0.15) is 15.9 Å². The first-order chi connectivity index (χ1) is 8.16. The molecule has 2 rings (SSSR count). The van der Waals surface area contributed by atoms with Gasteiger partial charge in [0.05, 0.1) is 0 Å². The van der Waals surface area contributed by atoms with Gasteiger partial charge in [0.1, 0.15) is 11.5 Å². The molecule has 1 amide bonds. The van der Waals surface area contributed by atoms with Gasteiger partial charge in [0.2, 0.25) is 5.91 Å². The normalized spacial score (nSPS) is 9.39. The quantitative estimate of drug-likeness (QED) is 0.924. The largest absolute Gasteiger partial charge is 0.457 e. The number of halogens is 1. The number of amides is 1. The van der Waals surface area contributed by atoms with Crippen molar-refractivity contribution in [2.45, 2.75) is 6.92 Å². The number of para-hydroxylation sites is 1. The second-order valence-electron chi connectivity index (χ2n) is 3.76. The number of carbonyl (C=O) groups excluding carboxylic acids is 1. The van der Waals surface area contributed by atoms with Gasteiger partial charge in [-0.15, -0.1) is 12.4 Å². The number of carbonyl (C=O) groups is 1. The van der Waals surface area contributed by atoms with Gasteiger partial charge in [0, 0.05) is 5.56 Å². The molecule has 2 N–H and O–H groups in total. The van der Waals surface area contributed by atoms with E-state index in [1.54, 1.807) is 18.2 Å². The molecule has 0 aliphatic heterocycles. The first kappa shape index (κ1) is 14.1. The van der Waals surface area contributed by atoms with Crippen LogP contribution in [-0.2, 0) is 0 Å². The van der Waals surface area contributed by atoms with Crippen LogP contribution in [-0.4, -0.2) is 5.91 Å². The predicted octanol–water partition coefficient (Wildman–Crippen LogP) is 3.31. The Kier molecular flexibility index (Phi) is 4.75. The van der Waals surface area contributed by atoms with Gasteiger partial charge in [-0.25, -0.2) is 0 Å². The maximum Gasteiger partial charge on any atom is 0.248 e. The molecule has 0 fully saturated rings. The summed E-state index contributed by atoms with van der Waals surface area (Å²) in [6.07, 6.45) is 0. The molecular formula is C14H14ClNO2. The number of benzene rings is 2. The Hall–Kier alpha value is -2.00. The zero-order valence-electron chi connectivity index (χ0n) is 9.92. The van der Waals surface area contributed by atoms with Crippen LogP contribution in [0.15, 0.2) is 48.5 Å². The van der Waals surface area contributed by atoms with Crippen molar-refractivity contribution in [1.29, 1.82) is 0 Å². The zero-order chi connectivity index (χ0) is 12.3. The topological polar surface area (TPSA) is 52.3 Å². The van der Waals surface area contributed by atoms with Gasteiger partial charge < -0.3 is 10.5 Å². The highest BCUT2D eigenvalue weighted by atomic mass is 35.5. The average molecular weight is 264 g/mol. The Bertz CT molecular complexity index is 541. The summed E-state index contributed by atoms with van der Waals surface area (Å²) in [5, 5.41) is 0. The molecule has 0 saturated heterocycles. The van der Waals surface area contributed by atoms with Crippen molar-refractivity contribution >= 4 is 18.3 Å². The van der Waals surface area contributed by atoms with Crippen molar-refractivity contribution < 1.29 is 9.53 Å². The van der Waals surface area contributed by atoms with Gasteiger partial charge in [0.25, 0.3) is 0 Å². The van der Waals surface area contributed by atoms with E-state index in [9.17, 15) is 4.79 Å². The highest BCUT2D eigenvalue weighted by molar-refractivity contribution is 5.93. The monoisotopic (exact) mass is 263 g/mol. The van der Waals surface area contributed by atoms with Crippen molar-refractivity contribution in [3.63, 3.8) is 0 Å². The number of aryl methyl sites for hydroxylation is 1. The van der Waals surface area contributed by atoms with Crippen LogP contribution < -0.4 is 10.5 Å². The molecule has 0 aliphatic rings. The molecule has 18 heavy (non-hydrogen) atoms. The lowest BCUT2D eigenvalue weighted by atomic mass is 10.1. The summed E-state index contributed by atoms with van der Waals surface area (Å²) in [4.78, 5) is 11.0. The van der Waals surface area contributed by atoms with Gasteiger partial charge in [-0.1, -0.05) is 18.2 Å². The van der Waals surface area contributed by atoms with Gasteiger partial charge in [-0.2, -0.15) is 0 Å². The molecule has 94 valence electrons. The summed E-state index contributed by atoms with van der Waals surface area (Å²) in [6.45, 7) is 1.88. The van der Waals surface area contributed by atoms with E-state index in [0.29, 0.717) is 5.56 Å². The van der Waals surface area contributed by atoms with Gasteiger partial charge in [-0.05, 0) is 42.8 Å². The van der Waals surface area contributed by atoms with Crippen LogP contribution in [0, 0.1) is 6.92 Å². The first-order valence-electron chi connectivity index (χ1n) is 5.30. The molecule has 0 saturated carbocycles. The number of nitrogens with two attached hydrogens (primary N) is 1. The third-order valence-electron chi connectivity index (χ3n) is 2.43. The van der Waals surface area contributed by atoms with Crippen molar-refractivity contribution in [1.82, 2.24) is 0 Å². The van der Waals surface area contributed by atoms with Crippen LogP contribution in [0.2, 0.25) is 0 Å². The molecule has 3 nitrogen and oxygen atoms in total. The molecule has 2 aromatic carbocycles. The fraction of sp³-hybridized carbons (Fsp3) is 0.0714. The second-order valence-corrected chi connectivity index (χ2v) is 3.76. The Balaban J connectivity index is 0.00000162. The number of primary amides is 1. The Morgan fingerprint density at radius 1 is 1.11 bits per heavy atom. The smallest absolute Gasteiger partial charge is 0.248 e. The van der Waals surface area contributed by atoms with E-state index in [1.165, 1.54) is 0 Å². The zero-order valence-corrected chi connectivity index (χ0v) is 10.7. The summed E-state index contributed by atoms with van der Waals surface area (Å²) in [6, 6.07) is 14.6. The maximum absolute atomic E-state index is 11.0. The van der Waals surface area contributed by atoms with Crippen molar-refractivity contribution in [2.75, 3.05) is 0 Å². The number of ether oxygens (including phenoxy) is 1. The summed E-state index contributed by atoms with van der Waals surface area (Å²) in [7, 11) is 0. The summed E-state index contributed by atoms with van der Waals surface area (Å²) >= 11 is 0. The molecule has 0 atom stereocenters. The van der Waals surface area contributed by atoms with E-state index in [1.807, 2.05) is 37.3 Å². The van der Waals surface area contributed by atoms with E-state index in [0.717, 1.165) is 17.1 Å². The number of hydrogen-bond donors (Lipinski definition) is 1. The molecular weight excluding hydrogens is 250 g/mol. The fourth-order valence-corrected chi connectivity index (χ4v) is 1.53. The highest BCUT2D eigenvalue weighted by Gasteiger charge is 2.05. The SMILES string of the molecule is Cc1cc(C(N)=O)ccc1Oc1ccccc1.Cl. The van der Waals surface area contributed by atoms with Crippen LogP contribution in [0.5, 0.6) is 11.5 Å². The van der Waals surface area contributed by atoms with E-state index < -0.39 is 5.91 Å². The fourth-order valence-electron chi connectivity index (χ4n) is 1.53. The van der Waals surface area contributed by atoms with E-state index in [2.05, 4.69) is 0 Å². The molecule has 0 radical (unpaired) electrons. The Morgan fingerprint density at radius 2 is 1.78 bits per heavy atom. The van der Waals surface area contributed by atoms with Crippen molar-refractivity contribution in [2.24, 2.45) is 5.73 Å². The molecule has 0 aliphatic carbocycles. The summed E-state index contributed by atoms with van der Waals surface area (Å²) in [5.41, 5.74) is 6.57. The molecule has 0 unspecified atom stereocenters. The molecule has 4 heteroatoms. The highest BCUT2D eigenvalue weighted by Crippen LogP contribution is 2.25. The van der Waals surface area contributed by atoms with Crippen molar-refractivity contribution in [3.8, 4) is 11.5 Å². The minimum Gasteiger partial charge on any atom is -0.457 e. The van der Waals surface area contributed by atoms with Crippen LogP contribution >= 0.6 is 12.4 Å². The molecule has 0 spiro atoms. The van der Waals surface area contributed by atoms with Crippen LogP contribution in [0.4, 0.5) is 0 Å². The molecule has 2 aromatic rings. The summed E-state index contributed by atoms with van der Waals surface area (Å²) < 4.78 is 5.69. The van der Waals surface area contributed by atoms with E-state index in [4.69, 9.17) is 10.5 Å². The Morgan fingerprint density at radius 3 is 2.33 bits per heavy atom. The second kappa shape index (κ2) is 6.07. The third kappa shape index (κ3) is 3.25. The van der Waals surface area contributed by atoms with Gasteiger partial charge in [-0.3, -0.25) is 4.79 Å². The first-order valence-corrected chi connectivity index (χ1v) is 5.30. The van der Waals surface area contributed by atoms with Crippen LogP contribution in [0.25, 0.3) is 0 Å². The van der Waals surface area contributed by atoms with E-state index in [-0.39, 0.29) is 12.4 Å². The van der Waals surface area contributed by atoms with Gasteiger partial charge in [0.15, 0.2) is 0 Å². The lowest BCUT2D eigenvalue weighted by Crippen LogP contribution is -2.10. The van der Waals surface area contributed by atoms with Gasteiger partial charge >= 0.3 is 0 Å². The summed E-state index contributed by atoms with van der Waals surface area (Å²) in [5.74, 6) is 1.06. The average Bonchev–Trinajstić information content (AvgIpc) is 2.33. The molecule has 0 aromatic heterocycles. The minimum absolute atomic E-state index is 0. The van der Waals surface area contributed by atoms with Crippen molar-refractivity contribution in [3.05, 3.63) is 59.7 Å². The molecule has 0 heterocycles. The van der Waals surface area contributed by atoms with E-state index >= 15 is 0 Å². The standard InChI is InChI=1S/C14H13NO2.ClH/c1-10-9-11(14(15)16)7-8-13(10)17-12-5-3-2-4-6-12;/h2-9H,1H3,(H2,15,16);1H. The Labute approximate surface area is 112 Å². The maximum atomic E-state index is 11.0. The lowest BCUT2D eigenvalue weighted by Gasteiger charge is -2.09. The predicted molar refractivity (Wildman–Crippen MR) is 73.5 cm³/mol. The minimum atomic E-state index is -0.431. The lowest BCUT2D eigenvalue weighted by molar-refractivity contribution is 0.1000. The number of hydrogen-bond acceptors (Lipinski definition) is 2. The number of rotatable bonds is 3.